The summed E-state index contributed by atoms with van der Waals surface area (Å²) in [6.07, 6.45) is 8.81. The van der Waals surface area contributed by atoms with E-state index in [0.717, 1.165) is 85.2 Å². The first kappa shape index (κ1) is 27.4. The van der Waals surface area contributed by atoms with Crippen LogP contribution in [0.25, 0.3) is 94.3 Å². The number of furan rings is 1. The number of nitrogens with zero attached hydrogens (tertiary/aromatic N) is 3. The van der Waals surface area contributed by atoms with E-state index in [2.05, 4.69) is 142 Å². The van der Waals surface area contributed by atoms with E-state index in [1.807, 2.05) is 18.2 Å². The monoisotopic (exact) mass is 643 g/mol. The lowest BCUT2D eigenvalue weighted by atomic mass is 9.97. The zero-order valence-corrected chi connectivity index (χ0v) is 27.0. The van der Waals surface area contributed by atoms with Gasteiger partial charge in [0, 0.05) is 32.8 Å². The van der Waals surface area contributed by atoms with Gasteiger partial charge in [0.2, 0.25) is 0 Å². The molecule has 4 heterocycles. The van der Waals surface area contributed by atoms with Crippen molar-refractivity contribution < 1.29 is 8.83 Å². The van der Waals surface area contributed by atoms with Crippen LogP contribution in [0.2, 0.25) is 0 Å². The average molecular weight is 644 g/mol. The van der Waals surface area contributed by atoms with Crippen LogP contribution in [0, 0.1) is 0 Å². The van der Waals surface area contributed by atoms with E-state index in [4.69, 9.17) is 13.8 Å². The lowest BCUT2D eigenvalue weighted by molar-refractivity contribution is 0.641. The Labute approximate surface area is 286 Å². The Morgan fingerprint density at radius 1 is 0.560 bits per heavy atom. The summed E-state index contributed by atoms with van der Waals surface area (Å²) in [6, 6.07) is 47.0. The molecule has 0 saturated heterocycles. The van der Waals surface area contributed by atoms with Gasteiger partial charge in [-0.3, -0.25) is 4.40 Å². The number of aromatic nitrogens is 3. The second-order valence-electron chi connectivity index (χ2n) is 13.0. The fourth-order valence-electron chi connectivity index (χ4n) is 7.97. The molecular weight excluding hydrogens is 615 g/mol. The summed E-state index contributed by atoms with van der Waals surface area (Å²) in [5, 5.41) is 4.61. The molecule has 1 aliphatic rings. The molecule has 0 aliphatic heterocycles. The molecule has 0 N–H and O–H groups in total. The third-order valence-electron chi connectivity index (χ3n) is 10.2. The topological polar surface area (TPSA) is 48.5 Å². The first-order valence-corrected chi connectivity index (χ1v) is 17.1. The quantitative estimate of drug-likeness (QED) is 0.192. The highest BCUT2D eigenvalue weighted by atomic mass is 16.4. The minimum Gasteiger partial charge on any atom is -0.456 e. The first-order chi connectivity index (χ1) is 24.8. The normalized spacial score (nSPS) is 13.5. The largest absolute Gasteiger partial charge is 0.456 e. The molecule has 0 radical (unpaired) electrons. The molecule has 1 aliphatic carbocycles. The van der Waals surface area contributed by atoms with Crippen molar-refractivity contribution in [2.75, 3.05) is 0 Å². The smallest absolute Gasteiger partial charge is 0.307 e. The van der Waals surface area contributed by atoms with E-state index in [1.165, 1.54) is 21.8 Å². The van der Waals surface area contributed by atoms with Crippen LogP contribution in [0.3, 0.4) is 0 Å². The molecule has 0 atom stereocenters. The SMILES string of the molecule is C1=CC(c2c(-c3cccc4oc5ccccc5c34)nc3oc4ccc(-c5ccc6c(c5)c5ccccc5n6-c5ccccc5)cc4n23)=CCC1. The highest BCUT2D eigenvalue weighted by Gasteiger charge is 2.25. The van der Waals surface area contributed by atoms with Gasteiger partial charge in [0.15, 0.2) is 5.58 Å². The van der Waals surface area contributed by atoms with Crippen LogP contribution in [0.4, 0.5) is 0 Å². The second-order valence-corrected chi connectivity index (χ2v) is 13.0. The number of hydrogen-bond acceptors (Lipinski definition) is 3. The molecule has 0 saturated carbocycles. The Balaban J connectivity index is 1.15. The van der Waals surface area contributed by atoms with Gasteiger partial charge in [-0.25, -0.2) is 0 Å². The van der Waals surface area contributed by atoms with Gasteiger partial charge < -0.3 is 13.4 Å². The van der Waals surface area contributed by atoms with Crippen molar-refractivity contribution >= 4 is 66.3 Å². The van der Waals surface area contributed by atoms with Crippen molar-refractivity contribution in [2.45, 2.75) is 12.8 Å². The Kier molecular flexibility index (Phi) is 5.72. The van der Waals surface area contributed by atoms with Crippen LogP contribution in [0.5, 0.6) is 0 Å². The summed E-state index contributed by atoms with van der Waals surface area (Å²) in [5.41, 5.74) is 13.4. The molecule has 236 valence electrons. The minimum atomic E-state index is 0.577. The van der Waals surface area contributed by atoms with Crippen LogP contribution < -0.4 is 0 Å². The third-order valence-corrected chi connectivity index (χ3v) is 10.2. The maximum atomic E-state index is 6.51. The molecule has 0 amide bonds. The number of benzene rings is 6. The van der Waals surface area contributed by atoms with Gasteiger partial charge in [-0.05, 0) is 84.1 Å². The highest BCUT2D eigenvalue weighted by Crippen LogP contribution is 2.42. The Bertz CT molecular complexity index is 3040. The summed E-state index contributed by atoms with van der Waals surface area (Å²) < 4.78 is 17.4. The van der Waals surface area contributed by atoms with Gasteiger partial charge in [-0.15, -0.1) is 0 Å². The lowest BCUT2D eigenvalue weighted by Gasteiger charge is -2.11. The molecule has 0 fully saturated rings. The van der Waals surface area contributed by atoms with E-state index >= 15 is 0 Å². The summed E-state index contributed by atoms with van der Waals surface area (Å²) in [7, 11) is 0. The fraction of sp³-hybridized carbons (Fsp3) is 0.0444. The van der Waals surface area contributed by atoms with E-state index in [-0.39, 0.29) is 0 Å². The molecule has 5 heteroatoms. The number of imidazole rings is 1. The van der Waals surface area contributed by atoms with Gasteiger partial charge in [0.25, 0.3) is 0 Å². The maximum Gasteiger partial charge on any atom is 0.307 e. The summed E-state index contributed by atoms with van der Waals surface area (Å²) in [4.78, 5) is 5.22. The highest BCUT2D eigenvalue weighted by molar-refractivity contribution is 6.13. The first-order valence-electron chi connectivity index (χ1n) is 17.1. The molecular formula is C45H29N3O2. The van der Waals surface area contributed by atoms with E-state index in [9.17, 15) is 0 Å². The van der Waals surface area contributed by atoms with Crippen LogP contribution >= 0.6 is 0 Å². The molecule has 50 heavy (non-hydrogen) atoms. The van der Waals surface area contributed by atoms with Gasteiger partial charge in [-0.2, -0.15) is 4.98 Å². The number of hydrogen-bond donors (Lipinski definition) is 0. The summed E-state index contributed by atoms with van der Waals surface area (Å²) >= 11 is 0. The van der Waals surface area contributed by atoms with Crippen molar-refractivity contribution in [1.82, 2.24) is 14.0 Å². The molecule has 4 aromatic heterocycles. The number of allylic oxidation sites excluding steroid dienone is 4. The van der Waals surface area contributed by atoms with Crippen LogP contribution in [0.15, 0.2) is 161 Å². The van der Waals surface area contributed by atoms with E-state index in [1.54, 1.807) is 0 Å². The number of rotatable bonds is 4. The van der Waals surface area contributed by atoms with Crippen molar-refractivity contribution in [3.8, 4) is 28.1 Å². The zero-order chi connectivity index (χ0) is 32.8. The molecule has 6 aromatic carbocycles. The molecule has 0 bridgehead atoms. The minimum absolute atomic E-state index is 0.577. The molecule has 10 aromatic rings. The molecule has 0 unspecified atom stereocenters. The van der Waals surface area contributed by atoms with Crippen LogP contribution in [-0.4, -0.2) is 14.0 Å². The van der Waals surface area contributed by atoms with Crippen LogP contribution in [0.1, 0.15) is 18.5 Å². The number of oxazole rings is 1. The molecule has 0 spiro atoms. The lowest BCUT2D eigenvalue weighted by Crippen LogP contribution is -1.95. The van der Waals surface area contributed by atoms with Gasteiger partial charge in [0.05, 0.1) is 22.2 Å². The predicted molar refractivity (Wildman–Crippen MR) is 204 cm³/mol. The Morgan fingerprint density at radius 3 is 2.24 bits per heavy atom. The van der Waals surface area contributed by atoms with Gasteiger partial charge in [-0.1, -0.05) is 97.1 Å². The summed E-state index contributed by atoms with van der Waals surface area (Å²) in [5.74, 6) is 0.577. The number of para-hydroxylation sites is 3. The standard InChI is InChI=1S/C45H29N3O2/c1-3-12-28(13-4-1)44-43(34-18-11-21-41-42(34)33-17-8-10-20-39(33)49-41)46-45-48(44)38-27-30(23-25-40(38)50-45)29-22-24-37-35(26-29)32-16-7-9-19-36(32)47(37)31-14-5-2-6-15-31/h2-3,5-27H,1,4H2. The van der Waals surface area contributed by atoms with Gasteiger partial charge >= 0.3 is 5.84 Å². The van der Waals surface area contributed by atoms with Crippen molar-refractivity contribution in [3.05, 3.63) is 157 Å². The summed E-state index contributed by atoms with van der Waals surface area (Å²) in [6.45, 7) is 0. The second kappa shape index (κ2) is 10.5. The fourth-order valence-corrected chi connectivity index (χ4v) is 7.97. The third kappa shape index (κ3) is 3.92. The van der Waals surface area contributed by atoms with Gasteiger partial charge in [0.1, 0.15) is 16.9 Å². The predicted octanol–water partition coefficient (Wildman–Crippen LogP) is 12.1. The van der Waals surface area contributed by atoms with E-state index in [0.29, 0.717) is 5.84 Å². The average Bonchev–Trinajstić information content (AvgIpc) is 3.93. The molecule has 5 nitrogen and oxygen atoms in total. The Morgan fingerprint density at radius 2 is 1.34 bits per heavy atom. The Hall–Kier alpha value is -6.59. The molecule has 11 rings (SSSR count). The van der Waals surface area contributed by atoms with Crippen molar-refractivity contribution in [2.24, 2.45) is 0 Å². The maximum absolute atomic E-state index is 6.51. The zero-order valence-electron chi connectivity index (χ0n) is 27.0. The van der Waals surface area contributed by atoms with Crippen molar-refractivity contribution in [3.63, 3.8) is 0 Å². The van der Waals surface area contributed by atoms with Crippen LogP contribution in [-0.2, 0) is 0 Å². The number of fused-ring (bicyclic) bond motifs is 9. The van der Waals surface area contributed by atoms with E-state index < -0.39 is 0 Å². The van der Waals surface area contributed by atoms with Crippen molar-refractivity contribution in [1.29, 1.82) is 0 Å².